The van der Waals surface area contributed by atoms with E-state index < -0.39 is 12.1 Å². The van der Waals surface area contributed by atoms with E-state index in [1.807, 2.05) is 31.2 Å². The van der Waals surface area contributed by atoms with Crippen molar-refractivity contribution < 1.29 is 27.2 Å². The molecule has 0 atom stereocenters. The normalized spacial score (nSPS) is 11.6. The zero-order chi connectivity index (χ0) is 21.6. The van der Waals surface area contributed by atoms with E-state index >= 15 is 0 Å². The maximum absolute atomic E-state index is 12.5. The Bertz CT molecular complexity index is 1010. The lowest BCUT2D eigenvalue weighted by Gasteiger charge is -2.07. The van der Waals surface area contributed by atoms with Crippen LogP contribution in [-0.2, 0) is 11.0 Å². The fourth-order valence-electron chi connectivity index (χ4n) is 2.41. The molecule has 1 aromatic heterocycles. The molecular weight excluding hydrogens is 399 g/mol. The standard InChI is InChI=1S/C21H18F3N3O3/c1-14-2-4-15(5-3-14)6-11-18(28)25-12-13-29-17-9-7-16(8-10-17)19-26-20(30-27-19)21(22,23)24/h2-11H,12-13H2,1H3,(H,25,28). The van der Waals surface area contributed by atoms with Crippen molar-refractivity contribution >= 4 is 12.0 Å². The lowest BCUT2D eigenvalue weighted by atomic mass is 10.1. The van der Waals surface area contributed by atoms with Crippen LogP contribution in [-0.4, -0.2) is 29.2 Å². The molecule has 0 unspecified atom stereocenters. The quantitative estimate of drug-likeness (QED) is 0.459. The molecule has 0 bridgehead atoms. The highest BCUT2D eigenvalue weighted by Crippen LogP contribution is 2.29. The summed E-state index contributed by atoms with van der Waals surface area (Å²) in [4.78, 5) is 15.1. The molecule has 30 heavy (non-hydrogen) atoms. The molecule has 156 valence electrons. The van der Waals surface area contributed by atoms with Gasteiger partial charge in [-0.1, -0.05) is 35.0 Å². The van der Waals surface area contributed by atoms with Crippen molar-refractivity contribution in [2.75, 3.05) is 13.2 Å². The van der Waals surface area contributed by atoms with E-state index in [-0.39, 0.29) is 18.3 Å². The van der Waals surface area contributed by atoms with Gasteiger partial charge in [0.1, 0.15) is 12.4 Å². The van der Waals surface area contributed by atoms with Crippen molar-refractivity contribution in [1.82, 2.24) is 15.5 Å². The molecule has 2 aromatic carbocycles. The zero-order valence-corrected chi connectivity index (χ0v) is 15.9. The maximum Gasteiger partial charge on any atom is 0.471 e. The Labute approximate surface area is 170 Å². The van der Waals surface area contributed by atoms with Crippen molar-refractivity contribution in [1.29, 1.82) is 0 Å². The predicted molar refractivity (Wildman–Crippen MR) is 103 cm³/mol. The van der Waals surface area contributed by atoms with Gasteiger partial charge in [-0.05, 0) is 42.8 Å². The van der Waals surface area contributed by atoms with Gasteiger partial charge >= 0.3 is 12.1 Å². The van der Waals surface area contributed by atoms with Crippen molar-refractivity contribution in [3.05, 3.63) is 71.6 Å². The van der Waals surface area contributed by atoms with Gasteiger partial charge in [0.25, 0.3) is 0 Å². The first-order chi connectivity index (χ1) is 14.3. The molecule has 3 rings (SSSR count). The number of carbonyl (C=O) groups excluding carboxylic acids is 1. The Morgan fingerprint density at radius 1 is 1.13 bits per heavy atom. The average molecular weight is 417 g/mol. The fraction of sp³-hybridized carbons (Fsp3) is 0.190. The van der Waals surface area contributed by atoms with Crippen LogP contribution in [0.1, 0.15) is 17.0 Å². The first kappa shape index (κ1) is 21.1. The van der Waals surface area contributed by atoms with E-state index in [1.54, 1.807) is 18.2 Å². The summed E-state index contributed by atoms with van der Waals surface area (Å²) in [7, 11) is 0. The molecule has 0 fully saturated rings. The molecular formula is C21H18F3N3O3. The van der Waals surface area contributed by atoms with Gasteiger partial charge in [-0.15, -0.1) is 0 Å². The van der Waals surface area contributed by atoms with Gasteiger partial charge in [0.2, 0.25) is 11.7 Å². The summed E-state index contributed by atoms with van der Waals surface area (Å²) in [6, 6.07) is 13.9. The van der Waals surface area contributed by atoms with Crippen molar-refractivity contribution in [2.45, 2.75) is 13.1 Å². The van der Waals surface area contributed by atoms with Crippen LogP contribution in [0.4, 0.5) is 13.2 Å². The highest BCUT2D eigenvalue weighted by atomic mass is 19.4. The third-order valence-corrected chi connectivity index (χ3v) is 3.96. The Balaban J connectivity index is 1.43. The number of aromatic nitrogens is 2. The average Bonchev–Trinajstić information content (AvgIpc) is 3.22. The summed E-state index contributed by atoms with van der Waals surface area (Å²) >= 11 is 0. The van der Waals surface area contributed by atoms with E-state index in [1.165, 1.54) is 18.2 Å². The second-order valence-electron chi connectivity index (χ2n) is 6.33. The molecule has 0 aliphatic heterocycles. The summed E-state index contributed by atoms with van der Waals surface area (Å²) in [5, 5.41) is 6.02. The number of carbonyl (C=O) groups is 1. The number of nitrogens with one attached hydrogen (secondary N) is 1. The summed E-state index contributed by atoms with van der Waals surface area (Å²) in [5.41, 5.74) is 2.43. The van der Waals surface area contributed by atoms with Crippen molar-refractivity contribution in [3.8, 4) is 17.1 Å². The third kappa shape index (κ3) is 5.94. The van der Waals surface area contributed by atoms with E-state index in [0.29, 0.717) is 17.9 Å². The van der Waals surface area contributed by atoms with Gasteiger partial charge < -0.3 is 14.6 Å². The number of halogens is 3. The first-order valence-electron chi connectivity index (χ1n) is 8.98. The fourth-order valence-corrected chi connectivity index (χ4v) is 2.41. The number of rotatable bonds is 7. The van der Waals surface area contributed by atoms with E-state index in [2.05, 4.69) is 20.0 Å². The minimum absolute atomic E-state index is 0.165. The summed E-state index contributed by atoms with van der Waals surface area (Å²) in [5.74, 6) is -1.32. The Morgan fingerprint density at radius 3 is 2.47 bits per heavy atom. The number of ether oxygens (including phenoxy) is 1. The van der Waals surface area contributed by atoms with Gasteiger partial charge in [-0.3, -0.25) is 4.79 Å². The second-order valence-corrected chi connectivity index (χ2v) is 6.33. The molecule has 1 N–H and O–H groups in total. The maximum atomic E-state index is 12.5. The molecule has 0 radical (unpaired) electrons. The molecule has 0 aliphatic carbocycles. The topological polar surface area (TPSA) is 77.2 Å². The summed E-state index contributed by atoms with van der Waals surface area (Å²) in [6.07, 6.45) is -1.52. The Kier molecular flexibility index (Phi) is 6.51. The highest BCUT2D eigenvalue weighted by Gasteiger charge is 2.38. The molecule has 1 amide bonds. The van der Waals surface area contributed by atoms with Crippen LogP contribution in [0.25, 0.3) is 17.5 Å². The Hall–Kier alpha value is -3.62. The van der Waals surface area contributed by atoms with Crippen LogP contribution in [0.3, 0.4) is 0 Å². The minimum atomic E-state index is -4.69. The van der Waals surface area contributed by atoms with Gasteiger partial charge in [-0.25, -0.2) is 0 Å². The number of hydrogen-bond donors (Lipinski definition) is 1. The van der Waals surface area contributed by atoms with E-state index in [0.717, 1.165) is 11.1 Å². The minimum Gasteiger partial charge on any atom is -0.492 e. The van der Waals surface area contributed by atoms with Gasteiger partial charge in [0.05, 0.1) is 6.54 Å². The molecule has 0 spiro atoms. The third-order valence-electron chi connectivity index (χ3n) is 3.96. The van der Waals surface area contributed by atoms with Gasteiger partial charge in [0, 0.05) is 11.6 Å². The van der Waals surface area contributed by atoms with Crippen LogP contribution in [0.5, 0.6) is 5.75 Å². The van der Waals surface area contributed by atoms with Crippen LogP contribution in [0.2, 0.25) is 0 Å². The lowest BCUT2D eigenvalue weighted by molar-refractivity contribution is -0.159. The van der Waals surface area contributed by atoms with Gasteiger partial charge in [0.15, 0.2) is 0 Å². The van der Waals surface area contributed by atoms with Crippen LogP contribution < -0.4 is 10.1 Å². The monoisotopic (exact) mass is 417 g/mol. The first-order valence-corrected chi connectivity index (χ1v) is 8.98. The summed E-state index contributed by atoms with van der Waals surface area (Å²) < 4.78 is 47.2. The number of aryl methyl sites for hydroxylation is 1. The smallest absolute Gasteiger partial charge is 0.471 e. The van der Waals surface area contributed by atoms with Gasteiger partial charge in [-0.2, -0.15) is 18.2 Å². The number of hydrogen-bond acceptors (Lipinski definition) is 5. The number of amides is 1. The number of benzene rings is 2. The molecule has 0 aliphatic rings. The van der Waals surface area contributed by atoms with E-state index in [4.69, 9.17) is 4.74 Å². The molecule has 6 nitrogen and oxygen atoms in total. The molecule has 9 heteroatoms. The molecule has 1 heterocycles. The zero-order valence-electron chi connectivity index (χ0n) is 15.9. The second kappa shape index (κ2) is 9.25. The van der Waals surface area contributed by atoms with Crippen molar-refractivity contribution in [2.24, 2.45) is 0 Å². The SMILES string of the molecule is Cc1ccc(C=CC(=O)NCCOc2ccc(-c3noc(C(F)(F)F)n3)cc2)cc1. The number of alkyl halides is 3. The molecule has 3 aromatic rings. The predicted octanol–water partition coefficient (Wildman–Crippen LogP) is 4.27. The number of nitrogens with zero attached hydrogens (tertiary/aromatic N) is 2. The Morgan fingerprint density at radius 2 is 1.83 bits per heavy atom. The van der Waals surface area contributed by atoms with Crippen LogP contribution in [0, 0.1) is 6.92 Å². The lowest BCUT2D eigenvalue weighted by Crippen LogP contribution is -2.26. The largest absolute Gasteiger partial charge is 0.492 e. The molecule has 0 saturated heterocycles. The van der Waals surface area contributed by atoms with Crippen LogP contribution in [0.15, 0.2) is 59.1 Å². The van der Waals surface area contributed by atoms with Crippen LogP contribution >= 0.6 is 0 Å². The summed E-state index contributed by atoms with van der Waals surface area (Å²) in [6.45, 7) is 2.51. The highest BCUT2D eigenvalue weighted by molar-refractivity contribution is 5.91. The van der Waals surface area contributed by atoms with E-state index in [9.17, 15) is 18.0 Å². The van der Waals surface area contributed by atoms with Crippen molar-refractivity contribution in [3.63, 3.8) is 0 Å². The molecule has 0 saturated carbocycles.